The number of hydrogen-bond acceptors (Lipinski definition) is 2. The van der Waals surface area contributed by atoms with Crippen molar-refractivity contribution in [2.24, 2.45) is 0 Å². The van der Waals surface area contributed by atoms with E-state index in [-0.39, 0.29) is 5.69 Å². The van der Waals surface area contributed by atoms with Gasteiger partial charge in [-0.15, -0.1) is 0 Å². The lowest BCUT2D eigenvalue weighted by Gasteiger charge is -2.38. The maximum atomic E-state index is 13.9. The van der Waals surface area contributed by atoms with Crippen LogP contribution in [0, 0.1) is 17.1 Å². The monoisotopic (exact) mass is 404 g/mol. The van der Waals surface area contributed by atoms with E-state index in [4.69, 9.17) is 5.26 Å². The third-order valence-corrected chi connectivity index (χ3v) is 5.18. The molecule has 3 nitrogen and oxygen atoms in total. The summed E-state index contributed by atoms with van der Waals surface area (Å²) in [5.74, 6) is -0.481. The molecule has 1 unspecified atom stereocenters. The SMILES string of the molecule is CC(C)(CC(O)(Cc1cc2cc(C#N)ccc2[nH]1)C(F)(F)F)c1ccc(F)cc1. The molecular formula is C22H20F4N2O. The van der Waals surface area contributed by atoms with Crippen LogP contribution in [0.3, 0.4) is 0 Å². The topological polar surface area (TPSA) is 59.8 Å². The first-order valence-electron chi connectivity index (χ1n) is 9.00. The number of nitriles is 1. The van der Waals surface area contributed by atoms with Crippen molar-refractivity contribution < 1.29 is 22.7 Å². The van der Waals surface area contributed by atoms with Crippen LogP contribution in [0.1, 0.15) is 37.1 Å². The lowest BCUT2D eigenvalue weighted by molar-refractivity contribution is -0.266. The Kier molecular flexibility index (Phi) is 5.18. The zero-order chi connectivity index (χ0) is 21.4. The molecule has 0 bridgehead atoms. The van der Waals surface area contributed by atoms with Crippen molar-refractivity contribution in [2.75, 3.05) is 0 Å². The van der Waals surface area contributed by atoms with Crippen LogP contribution in [0.15, 0.2) is 48.5 Å². The van der Waals surface area contributed by atoms with Crippen molar-refractivity contribution in [3.05, 3.63) is 71.2 Å². The normalized spacial score (nSPS) is 14.6. The molecule has 0 aliphatic rings. The van der Waals surface area contributed by atoms with Crippen molar-refractivity contribution in [2.45, 2.75) is 43.9 Å². The molecule has 0 saturated heterocycles. The van der Waals surface area contributed by atoms with Gasteiger partial charge in [0.2, 0.25) is 0 Å². The predicted octanol–water partition coefficient (Wildman–Crippen LogP) is 5.38. The zero-order valence-corrected chi connectivity index (χ0v) is 15.9. The third kappa shape index (κ3) is 4.28. The number of halogens is 4. The van der Waals surface area contributed by atoms with E-state index in [0.717, 1.165) is 0 Å². The van der Waals surface area contributed by atoms with Crippen LogP contribution in [0.25, 0.3) is 10.9 Å². The summed E-state index contributed by atoms with van der Waals surface area (Å²) in [5, 5.41) is 20.3. The molecule has 0 aliphatic heterocycles. The van der Waals surface area contributed by atoms with E-state index in [1.807, 2.05) is 6.07 Å². The van der Waals surface area contributed by atoms with Gasteiger partial charge in [-0.05, 0) is 53.8 Å². The van der Waals surface area contributed by atoms with Gasteiger partial charge in [0, 0.05) is 23.0 Å². The molecule has 0 aliphatic carbocycles. The number of benzene rings is 2. The van der Waals surface area contributed by atoms with Gasteiger partial charge in [0.1, 0.15) is 5.82 Å². The van der Waals surface area contributed by atoms with Gasteiger partial charge in [0.15, 0.2) is 5.60 Å². The lowest BCUT2D eigenvalue weighted by atomic mass is 9.73. The zero-order valence-electron chi connectivity index (χ0n) is 15.9. The summed E-state index contributed by atoms with van der Waals surface area (Å²) < 4.78 is 54.9. The largest absolute Gasteiger partial charge is 0.417 e. The Morgan fingerprint density at radius 3 is 2.28 bits per heavy atom. The summed E-state index contributed by atoms with van der Waals surface area (Å²) in [6.07, 6.45) is -6.15. The second kappa shape index (κ2) is 7.20. The molecule has 3 rings (SSSR count). The van der Waals surface area contributed by atoms with Gasteiger partial charge < -0.3 is 10.1 Å². The van der Waals surface area contributed by atoms with Gasteiger partial charge in [-0.25, -0.2) is 4.39 Å². The Labute approximate surface area is 165 Å². The molecule has 1 atom stereocenters. The van der Waals surface area contributed by atoms with Crippen LogP contribution >= 0.6 is 0 Å². The van der Waals surface area contributed by atoms with E-state index in [0.29, 0.717) is 22.0 Å². The molecule has 0 saturated carbocycles. The summed E-state index contributed by atoms with van der Waals surface area (Å²) in [6, 6.07) is 13.5. The van der Waals surface area contributed by atoms with Gasteiger partial charge in [-0.1, -0.05) is 26.0 Å². The number of H-pyrrole nitrogens is 1. The van der Waals surface area contributed by atoms with E-state index >= 15 is 0 Å². The number of rotatable bonds is 5. The number of hydrogen-bond donors (Lipinski definition) is 2. The van der Waals surface area contributed by atoms with E-state index in [2.05, 4.69) is 4.98 Å². The van der Waals surface area contributed by atoms with Crippen molar-refractivity contribution in [1.29, 1.82) is 5.26 Å². The fraction of sp³-hybridized carbons (Fsp3) is 0.318. The molecule has 1 heterocycles. The van der Waals surface area contributed by atoms with E-state index in [9.17, 15) is 22.7 Å². The number of nitrogens with zero attached hydrogens (tertiary/aromatic N) is 1. The fourth-order valence-corrected chi connectivity index (χ4v) is 3.67. The van der Waals surface area contributed by atoms with Gasteiger partial charge in [-0.2, -0.15) is 18.4 Å². The van der Waals surface area contributed by atoms with Crippen molar-refractivity contribution in [1.82, 2.24) is 4.98 Å². The average Bonchev–Trinajstić information content (AvgIpc) is 3.01. The van der Waals surface area contributed by atoms with Gasteiger partial charge >= 0.3 is 6.18 Å². The Morgan fingerprint density at radius 2 is 1.69 bits per heavy atom. The summed E-state index contributed by atoms with van der Waals surface area (Å²) >= 11 is 0. The van der Waals surface area contributed by atoms with Crippen molar-refractivity contribution >= 4 is 10.9 Å². The smallest absolute Gasteiger partial charge is 0.380 e. The Bertz CT molecular complexity index is 1060. The lowest BCUT2D eigenvalue weighted by Crippen LogP contribution is -2.50. The Balaban J connectivity index is 1.94. The molecule has 3 aromatic rings. The molecule has 0 amide bonds. The van der Waals surface area contributed by atoms with Crippen molar-refractivity contribution in [3.8, 4) is 6.07 Å². The minimum Gasteiger partial charge on any atom is -0.380 e. The molecule has 152 valence electrons. The first kappa shape index (κ1) is 20.9. The van der Waals surface area contributed by atoms with Crippen LogP contribution in [0.2, 0.25) is 0 Å². The van der Waals surface area contributed by atoms with Gasteiger partial charge in [-0.3, -0.25) is 0 Å². The third-order valence-electron chi connectivity index (χ3n) is 5.18. The first-order valence-corrected chi connectivity index (χ1v) is 9.00. The Morgan fingerprint density at radius 1 is 1.03 bits per heavy atom. The highest BCUT2D eigenvalue weighted by atomic mass is 19.4. The fourth-order valence-electron chi connectivity index (χ4n) is 3.67. The maximum Gasteiger partial charge on any atom is 0.417 e. The van der Waals surface area contributed by atoms with Crippen molar-refractivity contribution in [3.63, 3.8) is 0 Å². The standard InChI is InChI=1S/C22H20F4N2O/c1-20(2,16-4-6-17(23)7-5-16)13-21(29,22(24,25)26)11-18-10-15-9-14(12-27)3-8-19(15)28-18/h3-10,28-29H,11,13H2,1-2H3. The second-order valence-electron chi connectivity index (χ2n) is 7.98. The molecule has 2 N–H and O–H groups in total. The summed E-state index contributed by atoms with van der Waals surface area (Å²) in [4.78, 5) is 2.89. The van der Waals surface area contributed by atoms with E-state index in [1.165, 1.54) is 30.3 Å². The quantitative estimate of drug-likeness (QED) is 0.561. The maximum absolute atomic E-state index is 13.9. The minimum atomic E-state index is -4.88. The van der Waals surface area contributed by atoms with Gasteiger partial charge in [0.25, 0.3) is 0 Å². The van der Waals surface area contributed by atoms with E-state index in [1.54, 1.807) is 32.0 Å². The second-order valence-corrected chi connectivity index (χ2v) is 7.98. The molecule has 7 heteroatoms. The van der Waals surface area contributed by atoms with Gasteiger partial charge in [0.05, 0.1) is 11.6 Å². The molecule has 2 aromatic carbocycles. The van der Waals surface area contributed by atoms with Crippen LogP contribution in [-0.4, -0.2) is 21.9 Å². The van der Waals surface area contributed by atoms with Crippen LogP contribution in [0.5, 0.6) is 0 Å². The summed E-state index contributed by atoms with van der Waals surface area (Å²) in [7, 11) is 0. The predicted molar refractivity (Wildman–Crippen MR) is 102 cm³/mol. The highest BCUT2D eigenvalue weighted by Crippen LogP contribution is 2.43. The molecular weight excluding hydrogens is 384 g/mol. The first-order chi connectivity index (χ1) is 13.4. The number of fused-ring (bicyclic) bond motifs is 1. The van der Waals surface area contributed by atoms with E-state index < -0.39 is 35.9 Å². The van der Waals surface area contributed by atoms with Crippen LogP contribution < -0.4 is 0 Å². The van der Waals surface area contributed by atoms with Crippen LogP contribution in [0.4, 0.5) is 17.6 Å². The summed E-state index contributed by atoms with van der Waals surface area (Å²) in [5.41, 5.74) is -2.36. The molecule has 29 heavy (non-hydrogen) atoms. The highest BCUT2D eigenvalue weighted by Gasteiger charge is 2.56. The number of aromatic amines is 1. The molecule has 0 radical (unpaired) electrons. The number of aliphatic hydroxyl groups is 1. The van der Waals surface area contributed by atoms with Crippen LogP contribution in [-0.2, 0) is 11.8 Å². The minimum absolute atomic E-state index is 0.213. The molecule has 1 aromatic heterocycles. The number of nitrogens with one attached hydrogen (secondary N) is 1. The number of alkyl halides is 3. The Hall–Kier alpha value is -2.85. The summed E-state index contributed by atoms with van der Waals surface area (Å²) in [6.45, 7) is 3.17. The highest BCUT2D eigenvalue weighted by molar-refractivity contribution is 5.81. The molecule has 0 fully saturated rings. The molecule has 0 spiro atoms. The average molecular weight is 404 g/mol. The number of aromatic nitrogens is 1.